The minimum atomic E-state index is 0.188. The van der Waals surface area contributed by atoms with E-state index >= 15 is 0 Å². The topological polar surface area (TPSA) is 35.5 Å². The first kappa shape index (κ1) is 16.5. The second kappa shape index (κ2) is 8.56. The van der Waals surface area contributed by atoms with Gasteiger partial charge in [0.1, 0.15) is 0 Å². The molecule has 0 amide bonds. The van der Waals surface area contributed by atoms with Crippen molar-refractivity contribution < 1.29 is 5.11 Å². The zero-order chi connectivity index (χ0) is 14.3. The van der Waals surface area contributed by atoms with Gasteiger partial charge in [-0.1, -0.05) is 36.7 Å². The fourth-order valence-electron chi connectivity index (χ4n) is 2.06. The van der Waals surface area contributed by atoms with Crippen LogP contribution in [0.5, 0.6) is 0 Å². The Kier molecular flexibility index (Phi) is 7.42. The molecule has 2 N–H and O–H groups in total. The number of aliphatic hydroxyl groups excluding tert-OH is 1. The Morgan fingerprint density at radius 2 is 2.05 bits per heavy atom. The number of anilines is 1. The zero-order valence-corrected chi connectivity index (χ0v) is 13.7. The van der Waals surface area contributed by atoms with E-state index in [0.29, 0.717) is 12.6 Å². The van der Waals surface area contributed by atoms with Crippen molar-refractivity contribution >= 4 is 21.6 Å². The Morgan fingerprint density at radius 3 is 2.63 bits per heavy atom. The molecule has 1 aromatic rings. The molecule has 0 bridgehead atoms. The summed E-state index contributed by atoms with van der Waals surface area (Å²) in [7, 11) is 0. The Labute approximate surface area is 125 Å². The molecule has 0 saturated heterocycles. The highest BCUT2D eigenvalue weighted by atomic mass is 79.9. The third-order valence-corrected chi connectivity index (χ3v) is 3.44. The summed E-state index contributed by atoms with van der Waals surface area (Å²) in [5, 5.41) is 12.7. The standard InChI is InChI=1S/C15H25BrN2O/c1-4-7-18(8-9-19)15-6-5-14(16)10-13(15)11-17-12(2)3/h5-6,10,12,17,19H,4,7-9,11H2,1-3H3. The first-order valence-electron chi connectivity index (χ1n) is 6.96. The quantitative estimate of drug-likeness (QED) is 0.769. The molecule has 0 aliphatic carbocycles. The van der Waals surface area contributed by atoms with Gasteiger partial charge in [-0.25, -0.2) is 0 Å². The number of halogens is 1. The third kappa shape index (κ3) is 5.51. The smallest absolute Gasteiger partial charge is 0.0606 e. The fraction of sp³-hybridized carbons (Fsp3) is 0.600. The van der Waals surface area contributed by atoms with Crippen LogP contribution >= 0.6 is 15.9 Å². The van der Waals surface area contributed by atoms with Gasteiger partial charge in [0.25, 0.3) is 0 Å². The highest BCUT2D eigenvalue weighted by Crippen LogP contribution is 2.25. The van der Waals surface area contributed by atoms with Gasteiger partial charge in [0.15, 0.2) is 0 Å². The number of aliphatic hydroxyl groups is 1. The first-order valence-corrected chi connectivity index (χ1v) is 7.75. The van der Waals surface area contributed by atoms with E-state index in [-0.39, 0.29) is 6.61 Å². The molecule has 0 atom stereocenters. The van der Waals surface area contributed by atoms with Gasteiger partial charge in [-0.15, -0.1) is 0 Å². The lowest BCUT2D eigenvalue weighted by molar-refractivity contribution is 0.301. The van der Waals surface area contributed by atoms with Crippen LogP contribution in [0.15, 0.2) is 22.7 Å². The van der Waals surface area contributed by atoms with E-state index in [1.54, 1.807) is 0 Å². The molecule has 0 heterocycles. The molecule has 4 heteroatoms. The fourth-order valence-corrected chi connectivity index (χ4v) is 2.47. The molecule has 0 spiro atoms. The molecule has 19 heavy (non-hydrogen) atoms. The SMILES string of the molecule is CCCN(CCO)c1ccc(Br)cc1CNC(C)C. The summed E-state index contributed by atoms with van der Waals surface area (Å²) >= 11 is 3.53. The lowest BCUT2D eigenvalue weighted by Gasteiger charge is -2.26. The van der Waals surface area contributed by atoms with Gasteiger partial charge in [-0.2, -0.15) is 0 Å². The summed E-state index contributed by atoms with van der Waals surface area (Å²) in [6.45, 7) is 9.14. The van der Waals surface area contributed by atoms with Crippen LogP contribution in [-0.2, 0) is 6.54 Å². The van der Waals surface area contributed by atoms with E-state index in [1.165, 1.54) is 11.3 Å². The zero-order valence-electron chi connectivity index (χ0n) is 12.1. The van der Waals surface area contributed by atoms with Gasteiger partial charge < -0.3 is 15.3 Å². The van der Waals surface area contributed by atoms with Crippen LogP contribution in [0.25, 0.3) is 0 Å². The lowest BCUT2D eigenvalue weighted by atomic mass is 10.1. The minimum Gasteiger partial charge on any atom is -0.395 e. The predicted octanol–water partition coefficient (Wildman–Crippen LogP) is 3.16. The van der Waals surface area contributed by atoms with Crippen LogP contribution < -0.4 is 10.2 Å². The Hall–Kier alpha value is -0.580. The maximum absolute atomic E-state index is 9.22. The van der Waals surface area contributed by atoms with Crippen molar-refractivity contribution in [2.45, 2.75) is 39.8 Å². The predicted molar refractivity (Wildman–Crippen MR) is 85.7 cm³/mol. The number of hydrogen-bond acceptors (Lipinski definition) is 3. The minimum absolute atomic E-state index is 0.188. The highest BCUT2D eigenvalue weighted by Gasteiger charge is 2.11. The molecule has 0 saturated carbocycles. The van der Waals surface area contributed by atoms with Crippen LogP contribution in [-0.4, -0.2) is 30.8 Å². The van der Waals surface area contributed by atoms with Crippen molar-refractivity contribution in [1.29, 1.82) is 0 Å². The van der Waals surface area contributed by atoms with E-state index in [1.807, 2.05) is 0 Å². The molecular weight excluding hydrogens is 304 g/mol. The highest BCUT2D eigenvalue weighted by molar-refractivity contribution is 9.10. The summed E-state index contributed by atoms with van der Waals surface area (Å²) in [5.41, 5.74) is 2.48. The molecule has 0 radical (unpaired) electrons. The molecule has 108 valence electrons. The van der Waals surface area contributed by atoms with Crippen molar-refractivity contribution in [2.24, 2.45) is 0 Å². The second-order valence-corrected chi connectivity index (χ2v) is 5.93. The van der Waals surface area contributed by atoms with Crippen molar-refractivity contribution in [3.8, 4) is 0 Å². The van der Waals surface area contributed by atoms with Gasteiger partial charge in [0.05, 0.1) is 6.61 Å². The Balaban J connectivity index is 2.95. The monoisotopic (exact) mass is 328 g/mol. The summed E-state index contributed by atoms with van der Waals surface area (Å²) in [6.07, 6.45) is 1.08. The van der Waals surface area contributed by atoms with Crippen LogP contribution in [0.1, 0.15) is 32.8 Å². The maximum Gasteiger partial charge on any atom is 0.0606 e. The lowest BCUT2D eigenvalue weighted by Crippen LogP contribution is -2.30. The van der Waals surface area contributed by atoms with Gasteiger partial charge >= 0.3 is 0 Å². The Bertz CT molecular complexity index is 376. The molecule has 0 fully saturated rings. The summed E-state index contributed by atoms with van der Waals surface area (Å²) in [6, 6.07) is 6.82. The molecular formula is C15H25BrN2O. The van der Waals surface area contributed by atoms with Gasteiger partial charge in [0, 0.05) is 35.8 Å². The average Bonchev–Trinajstić information content (AvgIpc) is 2.36. The molecule has 0 unspecified atom stereocenters. The van der Waals surface area contributed by atoms with Gasteiger partial charge in [-0.05, 0) is 30.2 Å². The molecule has 0 aromatic heterocycles. The number of benzene rings is 1. The van der Waals surface area contributed by atoms with Gasteiger partial charge in [0.2, 0.25) is 0 Å². The van der Waals surface area contributed by atoms with E-state index < -0.39 is 0 Å². The summed E-state index contributed by atoms with van der Waals surface area (Å²) in [4.78, 5) is 2.25. The number of nitrogens with one attached hydrogen (secondary N) is 1. The average molecular weight is 329 g/mol. The molecule has 1 aromatic carbocycles. The number of rotatable bonds is 8. The Morgan fingerprint density at radius 1 is 1.32 bits per heavy atom. The van der Waals surface area contributed by atoms with Crippen molar-refractivity contribution in [3.63, 3.8) is 0 Å². The van der Waals surface area contributed by atoms with Crippen LogP contribution in [0.2, 0.25) is 0 Å². The van der Waals surface area contributed by atoms with Crippen molar-refractivity contribution in [2.75, 3.05) is 24.6 Å². The van der Waals surface area contributed by atoms with E-state index in [2.05, 4.69) is 65.1 Å². The van der Waals surface area contributed by atoms with E-state index in [0.717, 1.165) is 24.0 Å². The molecule has 3 nitrogen and oxygen atoms in total. The normalized spacial score (nSPS) is 11.1. The van der Waals surface area contributed by atoms with E-state index in [9.17, 15) is 5.11 Å². The summed E-state index contributed by atoms with van der Waals surface area (Å²) < 4.78 is 1.09. The number of hydrogen-bond donors (Lipinski definition) is 2. The van der Waals surface area contributed by atoms with E-state index in [4.69, 9.17) is 0 Å². The maximum atomic E-state index is 9.22. The first-order chi connectivity index (χ1) is 9.08. The second-order valence-electron chi connectivity index (χ2n) is 5.02. The third-order valence-electron chi connectivity index (χ3n) is 2.95. The van der Waals surface area contributed by atoms with Crippen molar-refractivity contribution in [3.05, 3.63) is 28.2 Å². The summed E-state index contributed by atoms with van der Waals surface area (Å²) in [5.74, 6) is 0. The van der Waals surface area contributed by atoms with Crippen molar-refractivity contribution in [1.82, 2.24) is 5.32 Å². The largest absolute Gasteiger partial charge is 0.395 e. The van der Waals surface area contributed by atoms with Gasteiger partial charge in [-0.3, -0.25) is 0 Å². The molecule has 1 rings (SSSR count). The van der Waals surface area contributed by atoms with Crippen LogP contribution in [0.3, 0.4) is 0 Å². The van der Waals surface area contributed by atoms with Crippen LogP contribution in [0.4, 0.5) is 5.69 Å². The molecule has 0 aliphatic heterocycles. The molecule has 0 aliphatic rings. The van der Waals surface area contributed by atoms with Crippen LogP contribution in [0, 0.1) is 0 Å². The number of nitrogens with zero attached hydrogens (tertiary/aromatic N) is 1.